The van der Waals surface area contributed by atoms with E-state index < -0.39 is 0 Å². The van der Waals surface area contributed by atoms with Crippen molar-refractivity contribution < 1.29 is 0 Å². The molecule has 3 heteroatoms. The van der Waals surface area contributed by atoms with E-state index >= 15 is 0 Å². The molecular weight excluding hydrogens is 366 g/mol. The molecule has 1 aromatic carbocycles. The molecule has 0 radical (unpaired) electrons. The predicted molar refractivity (Wildman–Crippen MR) is 128 cm³/mol. The summed E-state index contributed by atoms with van der Waals surface area (Å²) < 4.78 is 0. The lowest BCUT2D eigenvalue weighted by atomic mass is 9.94. The molecule has 0 unspecified atom stereocenters. The lowest BCUT2D eigenvalue weighted by molar-refractivity contribution is 0.369. The van der Waals surface area contributed by atoms with Gasteiger partial charge in [0.15, 0.2) is 0 Å². The standard InChI is InChI=1S/C27H45N3/c1-4-10-25(11-5-1)28-19-22-16-23(20-29-26-12-6-2-7-13-26)18-24(17-22)21-30-27-14-8-3-9-15-27/h16-18,25-30H,1-15,19-21H2. The third-order valence-electron chi connectivity index (χ3n) is 7.71. The van der Waals surface area contributed by atoms with Gasteiger partial charge in [-0.25, -0.2) is 0 Å². The molecule has 0 saturated heterocycles. The number of nitrogens with one attached hydrogen (secondary N) is 3. The molecule has 4 rings (SSSR count). The number of hydrogen-bond acceptors (Lipinski definition) is 3. The van der Waals surface area contributed by atoms with Crippen LogP contribution in [0.1, 0.15) is 113 Å². The third kappa shape index (κ3) is 7.35. The molecule has 168 valence electrons. The van der Waals surface area contributed by atoms with Gasteiger partial charge in [-0.05, 0) is 55.2 Å². The topological polar surface area (TPSA) is 36.1 Å². The molecule has 30 heavy (non-hydrogen) atoms. The van der Waals surface area contributed by atoms with Gasteiger partial charge in [-0.3, -0.25) is 0 Å². The van der Waals surface area contributed by atoms with E-state index in [1.165, 1.54) is 113 Å². The Labute approximate surface area is 185 Å². The zero-order valence-electron chi connectivity index (χ0n) is 19.2. The first kappa shape index (κ1) is 22.3. The molecule has 3 fully saturated rings. The van der Waals surface area contributed by atoms with Crippen LogP contribution < -0.4 is 16.0 Å². The maximum atomic E-state index is 3.86. The Kier molecular flexibility index (Phi) is 9.08. The highest BCUT2D eigenvalue weighted by molar-refractivity contribution is 5.30. The second kappa shape index (κ2) is 12.2. The van der Waals surface area contributed by atoms with Crippen LogP contribution in [-0.4, -0.2) is 18.1 Å². The van der Waals surface area contributed by atoms with Crippen LogP contribution >= 0.6 is 0 Å². The smallest absolute Gasteiger partial charge is 0.0208 e. The van der Waals surface area contributed by atoms with E-state index in [1.807, 2.05) is 0 Å². The summed E-state index contributed by atoms with van der Waals surface area (Å²) in [6.45, 7) is 3.08. The molecule has 0 amide bonds. The van der Waals surface area contributed by atoms with Crippen LogP contribution in [0.25, 0.3) is 0 Å². The van der Waals surface area contributed by atoms with Crippen molar-refractivity contribution in [2.24, 2.45) is 0 Å². The van der Waals surface area contributed by atoms with Gasteiger partial charge in [0.25, 0.3) is 0 Å². The van der Waals surface area contributed by atoms with Crippen molar-refractivity contribution in [2.75, 3.05) is 0 Å². The quantitative estimate of drug-likeness (QED) is 0.470. The van der Waals surface area contributed by atoms with Crippen molar-refractivity contribution >= 4 is 0 Å². The first-order valence-corrected chi connectivity index (χ1v) is 13.2. The summed E-state index contributed by atoms with van der Waals surface area (Å²) in [5.41, 5.74) is 4.43. The Bertz CT molecular complexity index is 513. The van der Waals surface area contributed by atoms with Gasteiger partial charge in [0.05, 0.1) is 0 Å². The van der Waals surface area contributed by atoms with Crippen LogP contribution in [0.5, 0.6) is 0 Å². The van der Waals surface area contributed by atoms with Gasteiger partial charge in [-0.2, -0.15) is 0 Å². The second-order valence-corrected chi connectivity index (χ2v) is 10.3. The Morgan fingerprint density at radius 2 is 0.700 bits per heavy atom. The molecule has 3 aliphatic rings. The molecule has 0 aromatic heterocycles. The van der Waals surface area contributed by atoms with E-state index in [4.69, 9.17) is 0 Å². The number of hydrogen-bond donors (Lipinski definition) is 3. The Balaban J connectivity index is 1.36. The van der Waals surface area contributed by atoms with Gasteiger partial charge < -0.3 is 16.0 Å². The number of rotatable bonds is 9. The summed E-state index contributed by atoms with van der Waals surface area (Å²) in [7, 11) is 0. The minimum absolute atomic E-state index is 0.728. The van der Waals surface area contributed by atoms with Gasteiger partial charge in [-0.1, -0.05) is 76.0 Å². The van der Waals surface area contributed by atoms with E-state index in [0.29, 0.717) is 0 Å². The van der Waals surface area contributed by atoms with E-state index in [2.05, 4.69) is 34.1 Å². The highest BCUT2D eigenvalue weighted by atomic mass is 14.9. The highest BCUT2D eigenvalue weighted by Gasteiger charge is 2.16. The monoisotopic (exact) mass is 411 g/mol. The molecule has 3 saturated carbocycles. The van der Waals surface area contributed by atoms with E-state index in [9.17, 15) is 0 Å². The fourth-order valence-corrected chi connectivity index (χ4v) is 5.85. The van der Waals surface area contributed by atoms with Gasteiger partial charge in [0, 0.05) is 37.8 Å². The van der Waals surface area contributed by atoms with Crippen LogP contribution in [0.15, 0.2) is 18.2 Å². The lowest BCUT2D eigenvalue weighted by Gasteiger charge is -2.25. The predicted octanol–water partition coefficient (Wildman–Crippen LogP) is 5.95. The first-order chi connectivity index (χ1) is 14.8. The zero-order valence-corrected chi connectivity index (χ0v) is 19.2. The van der Waals surface area contributed by atoms with Crippen molar-refractivity contribution in [3.63, 3.8) is 0 Å². The van der Waals surface area contributed by atoms with E-state index in [-0.39, 0.29) is 0 Å². The van der Waals surface area contributed by atoms with Gasteiger partial charge in [-0.15, -0.1) is 0 Å². The highest BCUT2D eigenvalue weighted by Crippen LogP contribution is 2.21. The lowest BCUT2D eigenvalue weighted by Crippen LogP contribution is -2.32. The van der Waals surface area contributed by atoms with E-state index in [1.54, 1.807) is 0 Å². The summed E-state index contributed by atoms with van der Waals surface area (Å²) in [5.74, 6) is 0. The molecule has 0 aliphatic heterocycles. The van der Waals surface area contributed by atoms with Crippen molar-refractivity contribution in [1.82, 2.24) is 16.0 Å². The molecule has 3 N–H and O–H groups in total. The fraction of sp³-hybridized carbons (Fsp3) is 0.778. The minimum Gasteiger partial charge on any atom is -0.310 e. The van der Waals surface area contributed by atoms with Gasteiger partial charge in [0.2, 0.25) is 0 Å². The average Bonchev–Trinajstić information content (AvgIpc) is 2.82. The van der Waals surface area contributed by atoms with Crippen LogP contribution in [0.4, 0.5) is 0 Å². The molecule has 0 spiro atoms. The molecule has 3 aliphatic carbocycles. The third-order valence-corrected chi connectivity index (χ3v) is 7.71. The van der Waals surface area contributed by atoms with Crippen LogP contribution in [0.3, 0.4) is 0 Å². The summed E-state index contributed by atoms with van der Waals surface area (Å²) in [5, 5.41) is 11.6. The van der Waals surface area contributed by atoms with E-state index in [0.717, 1.165) is 37.8 Å². The molecule has 0 heterocycles. The van der Waals surface area contributed by atoms with Crippen molar-refractivity contribution in [2.45, 2.75) is 134 Å². The average molecular weight is 412 g/mol. The van der Waals surface area contributed by atoms with Crippen LogP contribution in [-0.2, 0) is 19.6 Å². The first-order valence-electron chi connectivity index (χ1n) is 13.2. The molecule has 3 nitrogen and oxygen atoms in total. The second-order valence-electron chi connectivity index (χ2n) is 10.3. The van der Waals surface area contributed by atoms with Crippen molar-refractivity contribution in [1.29, 1.82) is 0 Å². The summed E-state index contributed by atoms with van der Waals surface area (Å²) >= 11 is 0. The molecular formula is C27H45N3. The SMILES string of the molecule is c1c(CNC2CCCCC2)cc(CNC2CCCCC2)cc1CNC1CCCCC1. The van der Waals surface area contributed by atoms with Crippen LogP contribution in [0.2, 0.25) is 0 Å². The summed E-state index contributed by atoms with van der Waals surface area (Å²) in [6.07, 6.45) is 20.9. The zero-order chi connectivity index (χ0) is 20.4. The van der Waals surface area contributed by atoms with Crippen LogP contribution in [0, 0.1) is 0 Å². The maximum absolute atomic E-state index is 3.86. The van der Waals surface area contributed by atoms with Crippen molar-refractivity contribution in [3.05, 3.63) is 34.9 Å². The Hall–Kier alpha value is -0.900. The van der Waals surface area contributed by atoms with Gasteiger partial charge in [0.1, 0.15) is 0 Å². The number of benzene rings is 1. The summed E-state index contributed by atoms with van der Waals surface area (Å²) in [6, 6.07) is 9.55. The largest absolute Gasteiger partial charge is 0.310 e. The molecule has 1 aromatic rings. The Morgan fingerprint density at radius 3 is 0.967 bits per heavy atom. The van der Waals surface area contributed by atoms with Crippen molar-refractivity contribution in [3.8, 4) is 0 Å². The minimum atomic E-state index is 0.728. The Morgan fingerprint density at radius 1 is 0.433 bits per heavy atom. The fourth-order valence-electron chi connectivity index (χ4n) is 5.85. The maximum Gasteiger partial charge on any atom is 0.0208 e. The summed E-state index contributed by atoms with van der Waals surface area (Å²) in [4.78, 5) is 0. The van der Waals surface area contributed by atoms with Gasteiger partial charge >= 0.3 is 0 Å². The molecule has 0 bridgehead atoms. The normalized spacial score (nSPS) is 22.4. The molecule has 0 atom stereocenters.